The van der Waals surface area contributed by atoms with Gasteiger partial charge in [-0.2, -0.15) is 0 Å². The molecule has 4 nitrogen and oxygen atoms in total. The summed E-state index contributed by atoms with van der Waals surface area (Å²) < 4.78 is 12.1. The molecule has 2 aliphatic carbocycles. The van der Waals surface area contributed by atoms with Gasteiger partial charge in [0.25, 0.3) is 0 Å². The fourth-order valence-corrected chi connectivity index (χ4v) is 7.38. The molecular formula is C29H50O4. The molecule has 0 amide bonds. The van der Waals surface area contributed by atoms with Crippen LogP contribution in [0.5, 0.6) is 0 Å². The Bertz CT molecular complexity index is 696. The zero-order valence-electron chi connectivity index (χ0n) is 23.4. The lowest BCUT2D eigenvalue weighted by Gasteiger charge is -2.56. The summed E-state index contributed by atoms with van der Waals surface area (Å²) in [6, 6.07) is 0. The monoisotopic (exact) mass is 462 g/mol. The first-order chi connectivity index (χ1) is 15.2. The van der Waals surface area contributed by atoms with E-state index in [0.717, 1.165) is 6.42 Å². The first kappa shape index (κ1) is 27.9. The van der Waals surface area contributed by atoms with Gasteiger partial charge < -0.3 is 9.47 Å². The number of allylic oxidation sites excluding steroid dienone is 2. The molecular weight excluding hydrogens is 412 g/mol. The van der Waals surface area contributed by atoms with Crippen molar-refractivity contribution < 1.29 is 19.1 Å². The van der Waals surface area contributed by atoms with Crippen molar-refractivity contribution in [2.45, 2.75) is 89.5 Å². The van der Waals surface area contributed by atoms with Gasteiger partial charge in [0.1, 0.15) is 0 Å². The Hall–Kier alpha value is -1.32. The van der Waals surface area contributed by atoms with E-state index < -0.39 is 10.8 Å². The summed E-state index contributed by atoms with van der Waals surface area (Å²) in [5.74, 6) is 0.642. The molecule has 0 heterocycles. The molecule has 0 aliphatic heterocycles. The summed E-state index contributed by atoms with van der Waals surface area (Å²) in [4.78, 5) is 28.5. The van der Waals surface area contributed by atoms with Gasteiger partial charge in [0.2, 0.25) is 0 Å². The van der Waals surface area contributed by atoms with E-state index in [2.05, 4.69) is 83.1 Å². The third-order valence-corrected chi connectivity index (χ3v) is 8.18. The van der Waals surface area contributed by atoms with Crippen LogP contribution < -0.4 is 0 Å². The molecule has 4 unspecified atom stereocenters. The summed E-state index contributed by atoms with van der Waals surface area (Å²) in [7, 11) is 0. The van der Waals surface area contributed by atoms with E-state index in [1.165, 1.54) is 11.1 Å². The van der Waals surface area contributed by atoms with Crippen molar-refractivity contribution in [1.82, 2.24) is 0 Å². The van der Waals surface area contributed by atoms with E-state index >= 15 is 0 Å². The van der Waals surface area contributed by atoms with E-state index in [1.807, 2.05) is 0 Å². The molecule has 4 atom stereocenters. The van der Waals surface area contributed by atoms with E-state index in [9.17, 15) is 9.59 Å². The van der Waals surface area contributed by atoms with Crippen LogP contribution in [0.1, 0.15) is 89.5 Å². The minimum absolute atomic E-state index is 0.00793. The third-order valence-electron chi connectivity index (χ3n) is 8.18. The van der Waals surface area contributed by atoms with E-state index in [-0.39, 0.29) is 47.4 Å². The summed E-state index contributed by atoms with van der Waals surface area (Å²) in [5.41, 5.74) is 0.927. The van der Waals surface area contributed by atoms with Crippen molar-refractivity contribution in [1.29, 1.82) is 0 Å². The Labute approximate surface area is 203 Å². The van der Waals surface area contributed by atoms with E-state index in [4.69, 9.17) is 9.47 Å². The van der Waals surface area contributed by atoms with Crippen LogP contribution in [0.25, 0.3) is 0 Å². The summed E-state index contributed by atoms with van der Waals surface area (Å²) in [6.45, 7) is 26.3. The zero-order chi connectivity index (χ0) is 25.5. The lowest BCUT2D eigenvalue weighted by molar-refractivity contribution is -0.198. The molecule has 2 aliphatic rings. The van der Waals surface area contributed by atoms with Crippen molar-refractivity contribution >= 4 is 11.9 Å². The topological polar surface area (TPSA) is 52.6 Å². The van der Waals surface area contributed by atoms with E-state index in [1.54, 1.807) is 0 Å². The Kier molecular flexibility index (Phi) is 8.56. The Morgan fingerprint density at radius 1 is 0.667 bits per heavy atom. The van der Waals surface area contributed by atoms with Crippen LogP contribution in [-0.4, -0.2) is 25.2 Å². The highest BCUT2D eigenvalue weighted by Gasteiger charge is 2.79. The van der Waals surface area contributed by atoms with Crippen LogP contribution in [0.2, 0.25) is 0 Å². The van der Waals surface area contributed by atoms with Gasteiger partial charge in [-0.1, -0.05) is 94.2 Å². The number of carbonyl (C=O) groups is 2. The average Bonchev–Trinajstić information content (AvgIpc) is 3.23. The lowest BCUT2D eigenvalue weighted by atomic mass is 9.46. The molecule has 0 saturated heterocycles. The first-order valence-electron chi connectivity index (χ1n) is 13.3. The Morgan fingerprint density at radius 2 is 0.970 bits per heavy atom. The van der Waals surface area contributed by atoms with Gasteiger partial charge in [0.05, 0.1) is 24.0 Å². The third kappa shape index (κ3) is 4.18. The van der Waals surface area contributed by atoms with Gasteiger partial charge >= 0.3 is 11.9 Å². The predicted octanol–water partition coefficient (Wildman–Crippen LogP) is 6.93. The molecule has 1 saturated carbocycles. The summed E-state index contributed by atoms with van der Waals surface area (Å²) in [5, 5.41) is 0. The van der Waals surface area contributed by atoms with E-state index in [0.29, 0.717) is 25.0 Å². The maximum Gasteiger partial charge on any atom is 0.314 e. The normalized spacial score (nSPS) is 29.5. The number of esters is 2. The van der Waals surface area contributed by atoms with Gasteiger partial charge in [-0.15, -0.1) is 0 Å². The second kappa shape index (κ2) is 10.1. The largest absolute Gasteiger partial charge is 0.465 e. The highest BCUT2D eigenvalue weighted by atomic mass is 16.5. The number of carbonyl (C=O) groups excluding carboxylic acids is 2. The molecule has 0 aromatic heterocycles. The Morgan fingerprint density at radius 3 is 1.18 bits per heavy atom. The minimum Gasteiger partial charge on any atom is -0.465 e. The second-order valence-electron chi connectivity index (χ2n) is 12.6. The minimum atomic E-state index is -0.924. The van der Waals surface area contributed by atoms with Crippen LogP contribution in [0.4, 0.5) is 0 Å². The summed E-state index contributed by atoms with van der Waals surface area (Å²) in [6.07, 6.45) is 0.838. The number of hydrogen-bond donors (Lipinski definition) is 0. The molecule has 190 valence electrons. The highest BCUT2D eigenvalue weighted by Crippen LogP contribution is 2.75. The van der Waals surface area contributed by atoms with Crippen LogP contribution >= 0.6 is 0 Å². The fraction of sp³-hybridized carbons (Fsp3) is 0.862. The maximum absolute atomic E-state index is 14.3. The van der Waals surface area contributed by atoms with Crippen molar-refractivity contribution in [3.63, 3.8) is 0 Å². The molecule has 0 aromatic rings. The smallest absolute Gasteiger partial charge is 0.314 e. The van der Waals surface area contributed by atoms with Gasteiger partial charge in [0.15, 0.2) is 0 Å². The number of hydrogen-bond acceptors (Lipinski definition) is 4. The number of ether oxygens (including phenoxy) is 2. The highest BCUT2D eigenvalue weighted by molar-refractivity contribution is 5.92. The van der Waals surface area contributed by atoms with Crippen molar-refractivity contribution in [2.24, 2.45) is 58.2 Å². The number of rotatable bonds is 10. The van der Waals surface area contributed by atoms with Crippen molar-refractivity contribution in [2.75, 3.05) is 13.2 Å². The molecule has 2 rings (SSSR count). The van der Waals surface area contributed by atoms with Crippen molar-refractivity contribution in [3.05, 3.63) is 11.1 Å². The molecule has 1 fully saturated rings. The van der Waals surface area contributed by atoms with Crippen LogP contribution in [-0.2, 0) is 19.1 Å². The van der Waals surface area contributed by atoms with Gasteiger partial charge in [0, 0.05) is 0 Å². The van der Waals surface area contributed by atoms with Crippen LogP contribution in [0, 0.1) is 58.2 Å². The molecule has 4 heteroatoms. The Balaban J connectivity index is 2.89. The predicted molar refractivity (Wildman–Crippen MR) is 134 cm³/mol. The van der Waals surface area contributed by atoms with Gasteiger partial charge in [-0.25, -0.2) is 0 Å². The molecule has 2 bridgehead atoms. The van der Waals surface area contributed by atoms with Crippen LogP contribution in [0.3, 0.4) is 0 Å². The first-order valence-corrected chi connectivity index (χ1v) is 13.3. The van der Waals surface area contributed by atoms with Crippen molar-refractivity contribution in [3.8, 4) is 0 Å². The second-order valence-corrected chi connectivity index (χ2v) is 12.6. The zero-order valence-corrected chi connectivity index (χ0v) is 23.4. The number of fused-ring (bicyclic) bond motifs is 2. The van der Waals surface area contributed by atoms with Gasteiger partial charge in [-0.05, 0) is 53.8 Å². The molecule has 0 aromatic carbocycles. The standard InChI is InChI=1S/C29H50O4/c1-16(2)14-32-26(30)28(20(9)10)22-13-23(25(19(7)8)24(22)18(5)6)29(28,21(11)12)27(31)33-15-17(3)4/h16-23H,13-15H2,1-12H3. The SMILES string of the molecule is CC(C)COC(=O)C1(C(C)C)C2CC(C(C(C)C)=C2C(C)C)C1(C(=O)OCC(C)C)C(C)C. The fourth-order valence-electron chi connectivity index (χ4n) is 7.38. The quantitative estimate of drug-likeness (QED) is 0.261. The molecule has 0 radical (unpaired) electrons. The average molecular weight is 463 g/mol. The lowest BCUT2D eigenvalue weighted by Crippen LogP contribution is -2.63. The molecule has 0 spiro atoms. The molecule has 33 heavy (non-hydrogen) atoms. The van der Waals surface area contributed by atoms with Gasteiger partial charge in [-0.3, -0.25) is 9.59 Å². The van der Waals surface area contributed by atoms with Crippen LogP contribution in [0.15, 0.2) is 11.1 Å². The molecule has 0 N–H and O–H groups in total. The maximum atomic E-state index is 14.3. The summed E-state index contributed by atoms with van der Waals surface area (Å²) >= 11 is 0.